The summed E-state index contributed by atoms with van der Waals surface area (Å²) in [4.78, 5) is 36.0. The molecule has 0 unspecified atom stereocenters. The first-order valence-corrected chi connectivity index (χ1v) is 17.3. The Morgan fingerprint density at radius 2 is 1.79 bits per heavy atom. The van der Waals surface area contributed by atoms with Crippen molar-refractivity contribution >= 4 is 27.7 Å². The van der Waals surface area contributed by atoms with Crippen LogP contribution in [0.25, 0.3) is 0 Å². The number of carbonyl (C=O) groups excluding carboxylic acids is 3. The Balaban J connectivity index is 1.25. The van der Waals surface area contributed by atoms with E-state index in [0.29, 0.717) is 12.8 Å². The first kappa shape index (κ1) is 38.0. The highest BCUT2D eigenvalue weighted by Gasteiger charge is 2.39. The van der Waals surface area contributed by atoms with Crippen LogP contribution in [-0.4, -0.2) is 57.8 Å². The lowest BCUT2D eigenvalue weighted by molar-refractivity contribution is -0.832. The molecule has 0 aliphatic heterocycles. The Hall–Kier alpha value is -4.46. The van der Waals surface area contributed by atoms with Crippen LogP contribution in [0.4, 0.5) is 0 Å². The van der Waals surface area contributed by atoms with E-state index >= 15 is 0 Å². The number of hydrogen-bond acceptors (Lipinski definition) is 11. The predicted octanol–water partition coefficient (Wildman–Crippen LogP) is 4.41. The van der Waals surface area contributed by atoms with Gasteiger partial charge in [-0.15, -0.1) is 6.58 Å². The van der Waals surface area contributed by atoms with Gasteiger partial charge in [0.05, 0.1) is 36.1 Å². The van der Waals surface area contributed by atoms with Gasteiger partial charge in [0.15, 0.2) is 0 Å². The number of amides is 1. The number of allylic oxidation sites excluding steroid dienone is 2. The standard InChI is InChI=1S/C34H45N3O10S/c1-6-34(5)18-16-26(22-28(34)24(2)3)25(4)23-46-31(40)17-19-35-29(38)14-15-30(39)44-20-10-11-21-45-32-33(37(41)47-36-32)48(42,43)27-12-8-7-9-13-27/h6-9,12-13,26,28H,1-2,4,10-11,14-23H2,3,5H3,(H,35,38)/t26-,28+,34-/m1/s1. The molecule has 0 radical (unpaired) electrons. The summed E-state index contributed by atoms with van der Waals surface area (Å²) in [5, 5.41) is 17.2. The monoisotopic (exact) mass is 687 g/mol. The van der Waals surface area contributed by atoms with Crippen molar-refractivity contribution in [3.05, 3.63) is 72.5 Å². The number of nitrogens with zero attached hydrogens (tertiary/aromatic N) is 2. The number of unbranched alkanes of at least 4 members (excludes halogenated alkanes) is 1. The van der Waals surface area contributed by atoms with E-state index in [-0.39, 0.29) is 72.7 Å². The van der Waals surface area contributed by atoms with E-state index in [0.717, 1.165) is 30.4 Å². The van der Waals surface area contributed by atoms with Gasteiger partial charge < -0.3 is 24.7 Å². The van der Waals surface area contributed by atoms with Crippen molar-refractivity contribution in [2.75, 3.05) is 26.4 Å². The van der Waals surface area contributed by atoms with E-state index in [9.17, 15) is 28.0 Å². The zero-order chi connectivity index (χ0) is 35.3. The molecule has 0 spiro atoms. The lowest BCUT2D eigenvalue weighted by Gasteiger charge is -2.43. The van der Waals surface area contributed by atoms with Crippen molar-refractivity contribution in [1.29, 1.82) is 0 Å². The number of sulfone groups is 1. The summed E-state index contributed by atoms with van der Waals surface area (Å²) in [6.45, 7) is 16.8. The van der Waals surface area contributed by atoms with E-state index in [1.807, 2.05) is 13.0 Å². The maximum Gasteiger partial charge on any atom is 0.414 e. The van der Waals surface area contributed by atoms with E-state index in [4.69, 9.17) is 14.2 Å². The Labute approximate surface area is 281 Å². The topological polar surface area (TPSA) is 178 Å². The summed E-state index contributed by atoms with van der Waals surface area (Å²) in [6.07, 6.45) is 5.24. The van der Waals surface area contributed by atoms with Crippen LogP contribution in [0.5, 0.6) is 5.88 Å². The van der Waals surface area contributed by atoms with Crippen LogP contribution in [0, 0.1) is 22.5 Å². The van der Waals surface area contributed by atoms with Crippen LogP contribution in [0.1, 0.15) is 65.2 Å². The molecule has 48 heavy (non-hydrogen) atoms. The summed E-state index contributed by atoms with van der Waals surface area (Å²) in [5.74, 6) is -1.38. The highest BCUT2D eigenvalue weighted by molar-refractivity contribution is 7.91. The summed E-state index contributed by atoms with van der Waals surface area (Å²) >= 11 is 0. The number of rotatable bonds is 19. The fourth-order valence-electron chi connectivity index (χ4n) is 5.55. The Morgan fingerprint density at radius 1 is 1.10 bits per heavy atom. The lowest BCUT2D eigenvalue weighted by Crippen LogP contribution is -2.34. The van der Waals surface area contributed by atoms with Crippen LogP contribution in [0.15, 0.2) is 81.8 Å². The second kappa shape index (κ2) is 17.6. The fourth-order valence-corrected chi connectivity index (χ4v) is 6.85. The van der Waals surface area contributed by atoms with Gasteiger partial charge in [0.25, 0.3) is 9.84 Å². The number of ether oxygens (including phenoxy) is 3. The largest absolute Gasteiger partial charge is 0.466 e. The maximum absolute atomic E-state index is 12.8. The first-order valence-electron chi connectivity index (χ1n) is 15.9. The van der Waals surface area contributed by atoms with E-state index in [2.05, 4.69) is 41.8 Å². The SMILES string of the molecule is C=C[C@]1(C)CC[C@@H](C(=C)COC(=O)CCNC(=O)CCC(=O)OCCCCOc2no[n+]([O-])c2S(=O)(=O)c2ccccc2)C[C@H]1C(=C)C. The van der Waals surface area contributed by atoms with Gasteiger partial charge in [0, 0.05) is 13.0 Å². The van der Waals surface area contributed by atoms with Gasteiger partial charge in [0.1, 0.15) is 6.61 Å². The van der Waals surface area contributed by atoms with Gasteiger partial charge >= 0.3 is 22.8 Å². The molecule has 1 aromatic carbocycles. The average molecular weight is 688 g/mol. The summed E-state index contributed by atoms with van der Waals surface area (Å²) in [7, 11) is -4.22. The Kier molecular flexibility index (Phi) is 13.9. The molecule has 3 atom stereocenters. The number of nitrogens with one attached hydrogen (secondary N) is 1. The van der Waals surface area contributed by atoms with Crippen molar-refractivity contribution in [3.63, 3.8) is 0 Å². The van der Waals surface area contributed by atoms with E-state index < -0.39 is 38.6 Å². The molecule has 1 amide bonds. The smallest absolute Gasteiger partial charge is 0.414 e. The van der Waals surface area contributed by atoms with Gasteiger partial charge in [-0.1, -0.05) is 49.9 Å². The van der Waals surface area contributed by atoms with Gasteiger partial charge in [-0.2, -0.15) is 0 Å². The van der Waals surface area contributed by atoms with Gasteiger partial charge in [-0.05, 0) is 78.9 Å². The molecule has 1 heterocycles. The second-order valence-corrected chi connectivity index (χ2v) is 14.0. The third-order valence-electron chi connectivity index (χ3n) is 8.51. The Morgan fingerprint density at radius 3 is 2.48 bits per heavy atom. The molecule has 0 saturated heterocycles. The van der Waals surface area contributed by atoms with Crippen molar-refractivity contribution in [2.45, 2.75) is 75.1 Å². The molecule has 1 N–H and O–H groups in total. The maximum atomic E-state index is 12.8. The van der Waals surface area contributed by atoms with Crippen LogP contribution in [0.3, 0.4) is 0 Å². The van der Waals surface area contributed by atoms with Gasteiger partial charge in [0.2, 0.25) is 5.91 Å². The molecular weight excluding hydrogens is 642 g/mol. The van der Waals surface area contributed by atoms with Crippen molar-refractivity contribution in [1.82, 2.24) is 10.5 Å². The number of benzene rings is 1. The molecule has 13 nitrogen and oxygen atoms in total. The van der Waals surface area contributed by atoms with Crippen LogP contribution in [-0.2, 0) is 33.7 Å². The number of esters is 2. The molecule has 1 saturated carbocycles. The van der Waals surface area contributed by atoms with Crippen LogP contribution < -0.4 is 15.0 Å². The fraction of sp³-hybridized carbons (Fsp3) is 0.500. The molecule has 14 heteroatoms. The minimum atomic E-state index is -4.22. The molecule has 1 aromatic heterocycles. The molecule has 262 valence electrons. The molecule has 2 aromatic rings. The molecule has 1 aliphatic carbocycles. The molecular formula is C34H45N3O10S. The molecule has 1 aliphatic rings. The summed E-state index contributed by atoms with van der Waals surface area (Å²) in [6, 6.07) is 7.32. The third kappa shape index (κ3) is 10.5. The molecule has 1 fully saturated rings. The minimum Gasteiger partial charge on any atom is -0.466 e. The first-order chi connectivity index (χ1) is 22.8. The van der Waals surface area contributed by atoms with Crippen molar-refractivity contribution in [2.24, 2.45) is 17.3 Å². The number of hydrogen-bond donors (Lipinski definition) is 1. The Bertz CT molecular complexity index is 1570. The highest BCUT2D eigenvalue weighted by Crippen LogP contribution is 2.48. The van der Waals surface area contributed by atoms with Gasteiger partial charge in [-0.25, -0.2) is 8.42 Å². The zero-order valence-corrected chi connectivity index (χ0v) is 28.4. The molecule has 0 bridgehead atoms. The van der Waals surface area contributed by atoms with Crippen LogP contribution in [0.2, 0.25) is 0 Å². The van der Waals surface area contributed by atoms with Crippen molar-refractivity contribution in [3.8, 4) is 5.88 Å². The zero-order valence-electron chi connectivity index (χ0n) is 27.6. The number of carbonyl (C=O) groups is 3. The second-order valence-electron chi connectivity index (χ2n) is 12.1. The summed E-state index contributed by atoms with van der Waals surface area (Å²) < 4.78 is 45.8. The number of aromatic nitrogens is 2. The highest BCUT2D eigenvalue weighted by atomic mass is 32.2. The predicted molar refractivity (Wildman–Crippen MR) is 174 cm³/mol. The third-order valence-corrected chi connectivity index (χ3v) is 10.2. The minimum absolute atomic E-state index is 0.00156. The normalized spacial score (nSPS) is 19.1. The average Bonchev–Trinajstić information content (AvgIpc) is 3.45. The summed E-state index contributed by atoms with van der Waals surface area (Å²) in [5.41, 5.74) is 1.97. The van der Waals surface area contributed by atoms with Crippen molar-refractivity contribution < 1.29 is 46.5 Å². The quantitative estimate of drug-likeness (QED) is 0.0957. The van der Waals surface area contributed by atoms with Crippen LogP contribution >= 0.6 is 0 Å². The van der Waals surface area contributed by atoms with Gasteiger partial charge in [-0.3, -0.25) is 19.0 Å². The van der Waals surface area contributed by atoms with E-state index in [1.165, 1.54) is 24.3 Å². The van der Waals surface area contributed by atoms with E-state index in [1.54, 1.807) is 6.07 Å². The molecule has 3 rings (SSSR count). The lowest BCUT2D eigenvalue weighted by atomic mass is 9.61.